The van der Waals surface area contributed by atoms with Crippen LogP contribution in [0.25, 0.3) is 11.3 Å². The van der Waals surface area contributed by atoms with Crippen LogP contribution in [0.2, 0.25) is 0 Å². The zero-order valence-electron chi connectivity index (χ0n) is 17.7. The summed E-state index contributed by atoms with van der Waals surface area (Å²) >= 11 is 0. The Balaban J connectivity index is 1.35. The van der Waals surface area contributed by atoms with Crippen molar-refractivity contribution in [3.8, 4) is 11.3 Å². The van der Waals surface area contributed by atoms with Crippen LogP contribution < -0.4 is 5.32 Å². The van der Waals surface area contributed by atoms with E-state index < -0.39 is 12.0 Å². The monoisotopic (exact) mass is 434 g/mol. The maximum absolute atomic E-state index is 12.3. The zero-order valence-corrected chi connectivity index (χ0v) is 17.7. The van der Waals surface area contributed by atoms with Crippen molar-refractivity contribution in [3.05, 3.63) is 71.9 Å². The molecule has 1 fully saturated rings. The molecular formula is C24H26N4O4. The van der Waals surface area contributed by atoms with Gasteiger partial charge in [-0.3, -0.25) is 9.48 Å². The highest BCUT2D eigenvalue weighted by atomic mass is 16.5. The quantitative estimate of drug-likeness (QED) is 0.535. The van der Waals surface area contributed by atoms with E-state index in [1.54, 1.807) is 0 Å². The fraction of sp³-hybridized carbons (Fsp3) is 0.333. The number of aliphatic carboxylic acids is 1. The minimum absolute atomic E-state index is 0.207. The molecule has 1 amide bonds. The van der Waals surface area contributed by atoms with E-state index in [4.69, 9.17) is 4.74 Å². The van der Waals surface area contributed by atoms with Gasteiger partial charge in [-0.05, 0) is 24.0 Å². The number of carboxylic acids is 1. The smallest absolute Gasteiger partial charge is 0.326 e. The maximum atomic E-state index is 12.3. The lowest BCUT2D eigenvalue weighted by Gasteiger charge is -2.17. The number of ether oxygens (including phenoxy) is 1. The van der Waals surface area contributed by atoms with Gasteiger partial charge in [-0.1, -0.05) is 59.8 Å². The molecule has 32 heavy (non-hydrogen) atoms. The van der Waals surface area contributed by atoms with Gasteiger partial charge in [-0.15, -0.1) is 5.10 Å². The number of hydrogen-bond donors (Lipinski definition) is 2. The second-order valence-electron chi connectivity index (χ2n) is 7.96. The summed E-state index contributed by atoms with van der Waals surface area (Å²) in [4.78, 5) is 23.9. The summed E-state index contributed by atoms with van der Waals surface area (Å²) in [5.41, 5.74) is 3.72. The van der Waals surface area contributed by atoms with E-state index in [-0.39, 0.29) is 18.2 Å². The Labute approximate surface area is 186 Å². The normalized spacial score (nSPS) is 16.6. The number of carbonyl (C=O) groups is 2. The van der Waals surface area contributed by atoms with E-state index in [1.807, 2.05) is 53.3 Å². The Morgan fingerprint density at radius 3 is 2.59 bits per heavy atom. The molecule has 1 aromatic heterocycles. The van der Waals surface area contributed by atoms with Gasteiger partial charge in [-0.25, -0.2) is 4.79 Å². The minimum atomic E-state index is -1.05. The van der Waals surface area contributed by atoms with Crippen LogP contribution in [0.4, 0.5) is 0 Å². The van der Waals surface area contributed by atoms with Gasteiger partial charge in [0.1, 0.15) is 11.7 Å². The summed E-state index contributed by atoms with van der Waals surface area (Å²) in [5.74, 6) is -1.59. The van der Waals surface area contributed by atoms with Gasteiger partial charge in [0.15, 0.2) is 0 Å². The Hall–Kier alpha value is -3.52. The van der Waals surface area contributed by atoms with Crippen molar-refractivity contribution in [1.29, 1.82) is 0 Å². The van der Waals surface area contributed by atoms with Gasteiger partial charge in [-0.2, -0.15) is 0 Å². The van der Waals surface area contributed by atoms with Crippen LogP contribution in [0.3, 0.4) is 0 Å². The average Bonchev–Trinajstić information content (AvgIpc) is 3.51. The van der Waals surface area contributed by atoms with Crippen molar-refractivity contribution in [1.82, 2.24) is 20.3 Å². The van der Waals surface area contributed by atoms with Crippen LogP contribution in [-0.4, -0.2) is 51.2 Å². The number of carboxylic acid groups (broad SMARTS) is 1. The van der Waals surface area contributed by atoms with Crippen LogP contribution in [0, 0.1) is 5.92 Å². The average molecular weight is 434 g/mol. The van der Waals surface area contributed by atoms with Gasteiger partial charge in [0.05, 0.1) is 18.7 Å². The van der Waals surface area contributed by atoms with Gasteiger partial charge in [0.25, 0.3) is 0 Å². The fourth-order valence-electron chi connectivity index (χ4n) is 3.71. The molecule has 1 aliphatic heterocycles. The molecule has 1 saturated heterocycles. The highest BCUT2D eigenvalue weighted by molar-refractivity contribution is 5.85. The predicted octanol–water partition coefficient (Wildman–Crippen LogP) is 2.34. The first-order chi connectivity index (χ1) is 15.6. The van der Waals surface area contributed by atoms with Crippen LogP contribution in [-0.2, 0) is 33.7 Å². The van der Waals surface area contributed by atoms with Crippen LogP contribution >= 0.6 is 0 Å². The van der Waals surface area contributed by atoms with E-state index in [9.17, 15) is 14.7 Å². The number of aryl methyl sites for hydroxylation is 2. The van der Waals surface area contributed by atoms with Crippen LogP contribution in [0.1, 0.15) is 17.5 Å². The molecule has 166 valence electrons. The first kappa shape index (κ1) is 21.7. The van der Waals surface area contributed by atoms with Crippen molar-refractivity contribution in [2.75, 3.05) is 13.2 Å². The number of hydrogen-bond acceptors (Lipinski definition) is 5. The summed E-state index contributed by atoms with van der Waals surface area (Å²) in [6, 6.07) is 16.7. The largest absolute Gasteiger partial charge is 0.480 e. The molecule has 0 saturated carbocycles. The van der Waals surface area contributed by atoms with Crippen molar-refractivity contribution in [2.45, 2.75) is 31.8 Å². The summed E-state index contributed by atoms with van der Waals surface area (Å²) in [6.45, 7) is 1.62. The Kier molecular flexibility index (Phi) is 6.91. The number of rotatable bonds is 9. The standard InChI is InChI=1S/C24H26N4O4/c29-23(20-11-13-32-16-20)25-21(24(30)31)14-18-6-8-19(9-7-18)22-15-28(27-26-22)12-10-17-4-2-1-3-5-17/h1-9,15,20-21H,10-14,16H2,(H,25,29)(H,30,31)/t20?,21-/m0/s1. The fourth-order valence-corrected chi connectivity index (χ4v) is 3.71. The molecule has 3 aromatic rings. The molecule has 8 nitrogen and oxygen atoms in total. The number of nitrogens with one attached hydrogen (secondary N) is 1. The topological polar surface area (TPSA) is 106 Å². The summed E-state index contributed by atoms with van der Waals surface area (Å²) in [5, 5.41) is 20.6. The van der Waals surface area contributed by atoms with Gasteiger partial charge < -0.3 is 15.2 Å². The molecule has 2 atom stereocenters. The molecule has 2 N–H and O–H groups in total. The van der Waals surface area contributed by atoms with Crippen molar-refractivity contribution < 1.29 is 19.4 Å². The number of nitrogens with zero attached hydrogens (tertiary/aromatic N) is 3. The molecule has 0 spiro atoms. The second-order valence-corrected chi connectivity index (χ2v) is 7.96. The maximum Gasteiger partial charge on any atom is 0.326 e. The van der Waals surface area contributed by atoms with E-state index >= 15 is 0 Å². The number of carbonyl (C=O) groups excluding carboxylic acids is 1. The van der Waals surface area contributed by atoms with E-state index in [0.717, 1.165) is 29.8 Å². The molecule has 8 heteroatoms. The second kappa shape index (κ2) is 10.2. The molecule has 1 aliphatic rings. The van der Waals surface area contributed by atoms with Gasteiger partial charge >= 0.3 is 5.97 Å². The van der Waals surface area contributed by atoms with E-state index in [2.05, 4.69) is 27.8 Å². The van der Waals surface area contributed by atoms with Crippen molar-refractivity contribution >= 4 is 11.9 Å². The third-order valence-corrected chi connectivity index (χ3v) is 5.62. The van der Waals surface area contributed by atoms with E-state index in [0.29, 0.717) is 19.6 Å². The lowest BCUT2D eigenvalue weighted by atomic mass is 10.0. The lowest BCUT2D eigenvalue weighted by Crippen LogP contribution is -2.45. The predicted molar refractivity (Wildman–Crippen MR) is 118 cm³/mol. The summed E-state index contributed by atoms with van der Waals surface area (Å²) in [7, 11) is 0. The molecule has 2 heterocycles. The van der Waals surface area contributed by atoms with Crippen molar-refractivity contribution in [3.63, 3.8) is 0 Å². The molecular weight excluding hydrogens is 408 g/mol. The summed E-state index contributed by atoms with van der Waals surface area (Å²) < 4.78 is 7.03. The molecule has 4 rings (SSSR count). The number of benzene rings is 2. The number of aromatic nitrogens is 3. The van der Waals surface area contributed by atoms with Crippen molar-refractivity contribution in [2.24, 2.45) is 5.92 Å². The Morgan fingerprint density at radius 2 is 1.91 bits per heavy atom. The van der Waals surface area contributed by atoms with Crippen LogP contribution in [0.5, 0.6) is 0 Å². The lowest BCUT2D eigenvalue weighted by molar-refractivity contribution is -0.142. The summed E-state index contributed by atoms with van der Waals surface area (Å²) in [6.07, 6.45) is 3.61. The highest BCUT2D eigenvalue weighted by Crippen LogP contribution is 2.18. The Bertz CT molecular complexity index is 1040. The molecule has 0 bridgehead atoms. The van der Waals surface area contributed by atoms with Gasteiger partial charge in [0.2, 0.25) is 5.91 Å². The molecule has 2 aromatic carbocycles. The minimum Gasteiger partial charge on any atom is -0.480 e. The van der Waals surface area contributed by atoms with Crippen LogP contribution in [0.15, 0.2) is 60.8 Å². The SMILES string of the molecule is O=C(N[C@@H](Cc1ccc(-c2cn(CCc3ccccc3)nn2)cc1)C(=O)O)C1CCOC1. The van der Waals surface area contributed by atoms with Gasteiger partial charge in [0, 0.05) is 25.1 Å². The third-order valence-electron chi connectivity index (χ3n) is 5.62. The zero-order chi connectivity index (χ0) is 22.3. The van der Waals surface area contributed by atoms with E-state index in [1.165, 1.54) is 5.56 Å². The molecule has 0 radical (unpaired) electrons. The number of amides is 1. The first-order valence-corrected chi connectivity index (χ1v) is 10.7. The highest BCUT2D eigenvalue weighted by Gasteiger charge is 2.28. The molecule has 0 aliphatic carbocycles. The Morgan fingerprint density at radius 1 is 1.12 bits per heavy atom. The third kappa shape index (κ3) is 5.59. The molecule has 1 unspecified atom stereocenters. The first-order valence-electron chi connectivity index (χ1n) is 10.7.